The first-order valence-corrected chi connectivity index (χ1v) is 4.08. The molecule has 0 aliphatic carbocycles. The zero-order chi connectivity index (χ0) is 10.1. The normalized spacial score (nSPS) is 10.7. The number of hydrogen-bond donors (Lipinski definition) is 1. The Balaban J connectivity index is 2.91. The molecule has 0 atom stereocenters. The van der Waals surface area contributed by atoms with Gasteiger partial charge in [-0.1, -0.05) is 6.07 Å². The zero-order valence-electron chi connectivity index (χ0n) is 7.27. The molecular weight excluding hydrogens is 185 g/mol. The largest absolute Gasteiger partial charge is 0.313 e. The van der Waals surface area contributed by atoms with Crippen LogP contribution < -0.4 is 11.3 Å². The summed E-state index contributed by atoms with van der Waals surface area (Å²) in [6, 6.07) is 4.27. The molecule has 0 spiro atoms. The molecule has 0 unspecified atom stereocenters. The minimum absolute atomic E-state index is 0.0400. The SMILES string of the molecule is NCn1cnc2c(F)cccc2c1=O. The molecular formula is C9H8FN3O. The molecule has 4 nitrogen and oxygen atoms in total. The third-order valence-corrected chi connectivity index (χ3v) is 2.00. The number of hydrogen-bond acceptors (Lipinski definition) is 3. The Hall–Kier alpha value is -1.75. The molecule has 0 fully saturated rings. The van der Waals surface area contributed by atoms with Gasteiger partial charge in [-0.25, -0.2) is 9.37 Å². The van der Waals surface area contributed by atoms with Gasteiger partial charge in [-0.3, -0.25) is 9.36 Å². The maximum atomic E-state index is 13.2. The van der Waals surface area contributed by atoms with Gasteiger partial charge in [-0.2, -0.15) is 0 Å². The van der Waals surface area contributed by atoms with Crippen LogP contribution in [0.25, 0.3) is 10.9 Å². The standard InChI is InChI=1S/C9H8FN3O/c10-7-3-1-2-6-8(7)12-5-13(4-11)9(6)14/h1-3,5H,4,11H2. The molecule has 2 N–H and O–H groups in total. The number of nitrogens with zero attached hydrogens (tertiary/aromatic N) is 2. The van der Waals surface area contributed by atoms with Crippen LogP contribution in [0.15, 0.2) is 29.3 Å². The van der Waals surface area contributed by atoms with Gasteiger partial charge in [0.25, 0.3) is 5.56 Å². The number of nitrogens with two attached hydrogens (primary N) is 1. The molecule has 2 rings (SSSR count). The maximum absolute atomic E-state index is 13.2. The molecule has 0 amide bonds. The summed E-state index contributed by atoms with van der Waals surface area (Å²) < 4.78 is 14.4. The van der Waals surface area contributed by atoms with E-state index in [0.717, 1.165) is 0 Å². The lowest BCUT2D eigenvalue weighted by molar-refractivity contribution is 0.632. The van der Waals surface area contributed by atoms with E-state index in [0.29, 0.717) is 0 Å². The van der Waals surface area contributed by atoms with Gasteiger partial charge in [0.15, 0.2) is 0 Å². The predicted molar refractivity (Wildman–Crippen MR) is 50.1 cm³/mol. The van der Waals surface area contributed by atoms with Crippen molar-refractivity contribution in [1.29, 1.82) is 0 Å². The van der Waals surface area contributed by atoms with E-state index in [9.17, 15) is 9.18 Å². The Kier molecular flexibility index (Phi) is 2.01. The number of aromatic nitrogens is 2. The molecule has 1 heterocycles. The third-order valence-electron chi connectivity index (χ3n) is 2.00. The summed E-state index contributed by atoms with van der Waals surface area (Å²) in [6.07, 6.45) is 1.24. The average molecular weight is 193 g/mol. The van der Waals surface area contributed by atoms with Crippen molar-refractivity contribution in [2.75, 3.05) is 0 Å². The van der Waals surface area contributed by atoms with E-state index in [2.05, 4.69) is 4.98 Å². The molecule has 0 aliphatic heterocycles. The van der Waals surface area contributed by atoms with Gasteiger partial charge in [0.05, 0.1) is 18.4 Å². The van der Waals surface area contributed by atoms with Gasteiger partial charge in [0.1, 0.15) is 11.3 Å². The summed E-state index contributed by atoms with van der Waals surface area (Å²) in [5.74, 6) is -0.497. The zero-order valence-corrected chi connectivity index (χ0v) is 7.27. The molecule has 0 bridgehead atoms. The van der Waals surface area contributed by atoms with Gasteiger partial charge in [0, 0.05) is 0 Å². The summed E-state index contributed by atoms with van der Waals surface area (Å²) in [5.41, 5.74) is 5.07. The molecule has 0 saturated carbocycles. The van der Waals surface area contributed by atoms with Crippen LogP contribution in [0.4, 0.5) is 4.39 Å². The molecule has 14 heavy (non-hydrogen) atoms. The summed E-state index contributed by atoms with van der Waals surface area (Å²) in [6.45, 7) is 0.0400. The van der Waals surface area contributed by atoms with Crippen LogP contribution in [0, 0.1) is 5.82 Å². The number of fused-ring (bicyclic) bond motifs is 1. The first-order chi connectivity index (χ1) is 6.74. The molecule has 72 valence electrons. The highest BCUT2D eigenvalue weighted by Gasteiger charge is 2.05. The number of rotatable bonds is 1. The lowest BCUT2D eigenvalue weighted by Gasteiger charge is -2.02. The molecule has 1 aromatic carbocycles. The predicted octanol–water partition coefficient (Wildman–Crippen LogP) is 0.452. The van der Waals surface area contributed by atoms with Crippen molar-refractivity contribution in [2.45, 2.75) is 6.67 Å². The first kappa shape index (κ1) is 8.83. The molecule has 0 radical (unpaired) electrons. The molecule has 0 saturated heterocycles. The van der Waals surface area contributed by atoms with Crippen LogP contribution >= 0.6 is 0 Å². The van der Waals surface area contributed by atoms with Crippen molar-refractivity contribution in [2.24, 2.45) is 5.73 Å². The monoisotopic (exact) mass is 193 g/mol. The van der Waals surface area contributed by atoms with E-state index < -0.39 is 5.82 Å². The van der Waals surface area contributed by atoms with E-state index in [1.54, 1.807) is 0 Å². The minimum atomic E-state index is -0.497. The quantitative estimate of drug-likeness (QED) is 0.715. The second-order valence-corrected chi connectivity index (χ2v) is 2.84. The van der Waals surface area contributed by atoms with Crippen molar-refractivity contribution in [1.82, 2.24) is 9.55 Å². The van der Waals surface area contributed by atoms with Crippen molar-refractivity contribution in [3.8, 4) is 0 Å². The Morgan fingerprint density at radius 3 is 3.00 bits per heavy atom. The molecule has 1 aromatic heterocycles. The Labute approximate surface area is 78.8 Å². The van der Waals surface area contributed by atoms with Crippen LogP contribution in [-0.4, -0.2) is 9.55 Å². The maximum Gasteiger partial charge on any atom is 0.262 e. The lowest BCUT2D eigenvalue weighted by atomic mass is 10.2. The van der Waals surface area contributed by atoms with E-state index in [4.69, 9.17) is 5.73 Å². The molecule has 2 aromatic rings. The van der Waals surface area contributed by atoms with Crippen molar-refractivity contribution < 1.29 is 4.39 Å². The fourth-order valence-electron chi connectivity index (χ4n) is 1.28. The van der Waals surface area contributed by atoms with Gasteiger partial charge < -0.3 is 5.73 Å². The van der Waals surface area contributed by atoms with E-state index in [1.165, 1.54) is 29.1 Å². The fraction of sp³-hybridized carbons (Fsp3) is 0.111. The smallest absolute Gasteiger partial charge is 0.262 e. The van der Waals surface area contributed by atoms with Crippen LogP contribution in [0.1, 0.15) is 0 Å². The van der Waals surface area contributed by atoms with Crippen molar-refractivity contribution in [3.63, 3.8) is 0 Å². The number of para-hydroxylation sites is 1. The highest BCUT2D eigenvalue weighted by atomic mass is 19.1. The second-order valence-electron chi connectivity index (χ2n) is 2.84. The lowest BCUT2D eigenvalue weighted by Crippen LogP contribution is -2.24. The highest BCUT2D eigenvalue weighted by molar-refractivity contribution is 5.77. The second kappa shape index (κ2) is 3.19. The van der Waals surface area contributed by atoms with Gasteiger partial charge in [-0.15, -0.1) is 0 Å². The van der Waals surface area contributed by atoms with Gasteiger partial charge >= 0.3 is 0 Å². The highest BCUT2D eigenvalue weighted by Crippen LogP contribution is 2.09. The summed E-state index contributed by atoms with van der Waals surface area (Å²) >= 11 is 0. The fourth-order valence-corrected chi connectivity index (χ4v) is 1.28. The van der Waals surface area contributed by atoms with Gasteiger partial charge in [0.2, 0.25) is 0 Å². The summed E-state index contributed by atoms with van der Waals surface area (Å²) in [5, 5.41) is 0.248. The van der Waals surface area contributed by atoms with E-state index in [1.807, 2.05) is 0 Å². The number of benzene rings is 1. The van der Waals surface area contributed by atoms with Crippen LogP contribution in [0.2, 0.25) is 0 Å². The van der Waals surface area contributed by atoms with Crippen molar-refractivity contribution >= 4 is 10.9 Å². The Morgan fingerprint density at radius 2 is 2.29 bits per heavy atom. The van der Waals surface area contributed by atoms with E-state index >= 15 is 0 Å². The van der Waals surface area contributed by atoms with Crippen LogP contribution in [0.5, 0.6) is 0 Å². The summed E-state index contributed by atoms with van der Waals surface area (Å²) in [4.78, 5) is 15.4. The minimum Gasteiger partial charge on any atom is -0.313 e. The van der Waals surface area contributed by atoms with Crippen molar-refractivity contribution in [3.05, 3.63) is 40.7 Å². The van der Waals surface area contributed by atoms with Crippen LogP contribution in [0.3, 0.4) is 0 Å². The molecule has 5 heteroatoms. The Morgan fingerprint density at radius 1 is 1.50 bits per heavy atom. The number of halogens is 1. The third kappa shape index (κ3) is 1.18. The summed E-state index contributed by atoms with van der Waals surface area (Å²) in [7, 11) is 0. The molecule has 0 aliphatic rings. The van der Waals surface area contributed by atoms with Gasteiger partial charge in [-0.05, 0) is 12.1 Å². The first-order valence-electron chi connectivity index (χ1n) is 4.08. The average Bonchev–Trinajstić information content (AvgIpc) is 2.20. The van der Waals surface area contributed by atoms with Crippen LogP contribution in [-0.2, 0) is 6.67 Å². The Bertz CT molecular complexity index is 535. The van der Waals surface area contributed by atoms with E-state index in [-0.39, 0.29) is 23.1 Å². The topological polar surface area (TPSA) is 60.9 Å².